The first-order chi connectivity index (χ1) is 18.0. The van der Waals surface area contributed by atoms with Crippen LogP contribution < -0.4 is 4.90 Å². The minimum absolute atomic E-state index is 0.0577. The second-order valence-electron chi connectivity index (χ2n) is 9.23. The number of amides is 1. The molecule has 7 heteroatoms. The van der Waals surface area contributed by atoms with Gasteiger partial charge in [0.2, 0.25) is 5.28 Å². The van der Waals surface area contributed by atoms with Crippen LogP contribution in [0.25, 0.3) is 31.8 Å². The first kappa shape index (κ1) is 23.6. The van der Waals surface area contributed by atoms with E-state index < -0.39 is 0 Å². The van der Waals surface area contributed by atoms with Crippen LogP contribution in [0.5, 0.6) is 0 Å². The number of nitrogens with zero attached hydrogens (tertiary/aromatic N) is 4. The van der Waals surface area contributed by atoms with Gasteiger partial charge in [-0.2, -0.15) is 4.98 Å². The molecule has 3 heterocycles. The highest BCUT2D eigenvalue weighted by atomic mass is 35.5. The van der Waals surface area contributed by atoms with Crippen LogP contribution in [-0.2, 0) is 0 Å². The molecule has 1 saturated heterocycles. The molecule has 0 radical (unpaired) electrons. The van der Waals surface area contributed by atoms with Crippen LogP contribution in [-0.4, -0.2) is 47.0 Å². The van der Waals surface area contributed by atoms with Gasteiger partial charge in [0.05, 0.1) is 5.39 Å². The van der Waals surface area contributed by atoms with E-state index >= 15 is 0 Å². The van der Waals surface area contributed by atoms with Gasteiger partial charge in [0.25, 0.3) is 5.91 Å². The van der Waals surface area contributed by atoms with Crippen molar-refractivity contribution in [2.24, 2.45) is 0 Å². The molecular weight excluding hydrogens is 500 g/mol. The molecule has 0 saturated carbocycles. The van der Waals surface area contributed by atoms with Crippen molar-refractivity contribution < 1.29 is 4.79 Å². The van der Waals surface area contributed by atoms with Gasteiger partial charge in [-0.25, -0.2) is 4.98 Å². The maximum absolute atomic E-state index is 13.2. The maximum Gasteiger partial charge on any atom is 0.253 e. The summed E-state index contributed by atoms with van der Waals surface area (Å²) in [4.78, 5) is 28.4. The van der Waals surface area contributed by atoms with Gasteiger partial charge in [-0.15, -0.1) is 11.3 Å². The fraction of sp³-hybridized carbons (Fsp3) is 0.167. The van der Waals surface area contributed by atoms with Crippen LogP contribution in [0, 0.1) is 6.92 Å². The van der Waals surface area contributed by atoms with Gasteiger partial charge >= 0.3 is 0 Å². The van der Waals surface area contributed by atoms with Crippen LogP contribution in [0.1, 0.15) is 15.9 Å². The molecule has 0 spiro atoms. The lowest BCUT2D eigenvalue weighted by molar-refractivity contribution is 0.0746. The topological polar surface area (TPSA) is 49.3 Å². The first-order valence-electron chi connectivity index (χ1n) is 12.3. The zero-order chi connectivity index (χ0) is 25.4. The number of rotatable bonds is 4. The average Bonchev–Trinajstić information content (AvgIpc) is 3.37. The Morgan fingerprint density at radius 3 is 2.16 bits per heavy atom. The molecule has 0 bridgehead atoms. The quantitative estimate of drug-likeness (QED) is 0.239. The number of hydrogen-bond donors (Lipinski definition) is 0. The van der Waals surface area contributed by atoms with Gasteiger partial charge in [-0.05, 0) is 53.4 Å². The van der Waals surface area contributed by atoms with Crippen LogP contribution >= 0.6 is 22.9 Å². The Hall–Kier alpha value is -3.74. The minimum Gasteiger partial charge on any atom is -0.352 e. The van der Waals surface area contributed by atoms with Crippen molar-refractivity contribution in [3.05, 3.63) is 101 Å². The van der Waals surface area contributed by atoms with E-state index in [0.717, 1.165) is 37.6 Å². The largest absolute Gasteiger partial charge is 0.352 e. The summed E-state index contributed by atoms with van der Waals surface area (Å²) in [5.74, 6) is 0.895. The molecule has 5 nitrogen and oxygen atoms in total. The molecule has 6 rings (SSSR count). The fourth-order valence-electron chi connectivity index (χ4n) is 4.72. The standard InChI is InChI=1S/C30H25ClN4OS/c1-20-7-9-23(10-8-20)26-19-25-27(32-30(31)33-28(25)37-26)34-15-17-35(18-16-34)29(36)24-13-11-22(12-14-24)21-5-3-2-4-6-21/h2-14,19H,15-18H2,1H3. The lowest BCUT2D eigenvalue weighted by Crippen LogP contribution is -2.49. The minimum atomic E-state index is 0.0577. The highest BCUT2D eigenvalue weighted by Crippen LogP contribution is 2.37. The van der Waals surface area contributed by atoms with Crippen molar-refractivity contribution in [3.8, 4) is 21.6 Å². The average molecular weight is 525 g/mol. The lowest BCUT2D eigenvalue weighted by atomic mass is 10.0. The zero-order valence-corrected chi connectivity index (χ0v) is 22.0. The molecule has 184 valence electrons. The Morgan fingerprint density at radius 1 is 0.811 bits per heavy atom. The Kier molecular flexibility index (Phi) is 6.37. The summed E-state index contributed by atoms with van der Waals surface area (Å²) in [6, 6.07) is 28.7. The molecule has 37 heavy (non-hydrogen) atoms. The summed E-state index contributed by atoms with van der Waals surface area (Å²) in [6.45, 7) is 4.70. The third-order valence-corrected chi connectivity index (χ3v) is 8.03. The molecule has 3 aromatic carbocycles. The smallest absolute Gasteiger partial charge is 0.253 e. The maximum atomic E-state index is 13.2. The molecule has 2 aromatic heterocycles. The number of fused-ring (bicyclic) bond motifs is 1. The van der Waals surface area contributed by atoms with Crippen molar-refractivity contribution in [2.45, 2.75) is 6.92 Å². The van der Waals surface area contributed by atoms with Crippen molar-refractivity contribution in [3.63, 3.8) is 0 Å². The van der Waals surface area contributed by atoms with Gasteiger partial charge in [-0.3, -0.25) is 4.79 Å². The number of aromatic nitrogens is 2. The van der Waals surface area contributed by atoms with Gasteiger partial charge in [0.15, 0.2) is 0 Å². The van der Waals surface area contributed by atoms with Crippen LogP contribution in [0.15, 0.2) is 84.9 Å². The molecule has 0 unspecified atom stereocenters. The molecule has 0 atom stereocenters. The third-order valence-electron chi connectivity index (χ3n) is 6.79. The summed E-state index contributed by atoms with van der Waals surface area (Å²) < 4.78 is 0. The number of anilines is 1. The van der Waals surface area contributed by atoms with Crippen molar-refractivity contribution in [1.29, 1.82) is 0 Å². The number of aryl methyl sites for hydroxylation is 1. The molecule has 0 N–H and O–H groups in total. The Bertz CT molecular complexity index is 1560. The summed E-state index contributed by atoms with van der Waals surface area (Å²) in [7, 11) is 0. The molecule has 1 aliphatic rings. The molecule has 1 aliphatic heterocycles. The molecule has 1 amide bonds. The Balaban J connectivity index is 1.18. The summed E-state index contributed by atoms with van der Waals surface area (Å²) in [5, 5.41) is 1.25. The molecule has 1 fully saturated rings. The number of carbonyl (C=O) groups excluding carboxylic acids is 1. The number of hydrogen-bond acceptors (Lipinski definition) is 5. The second-order valence-corrected chi connectivity index (χ2v) is 10.6. The fourth-order valence-corrected chi connectivity index (χ4v) is 5.97. The normalized spacial score (nSPS) is 13.8. The lowest BCUT2D eigenvalue weighted by Gasteiger charge is -2.35. The summed E-state index contributed by atoms with van der Waals surface area (Å²) in [5.41, 5.74) is 5.34. The van der Waals surface area contributed by atoms with Crippen molar-refractivity contribution in [1.82, 2.24) is 14.9 Å². The predicted molar refractivity (Wildman–Crippen MR) is 153 cm³/mol. The second kappa shape index (κ2) is 9.96. The van der Waals surface area contributed by atoms with Gasteiger partial charge in [0, 0.05) is 36.6 Å². The summed E-state index contributed by atoms with van der Waals surface area (Å²) in [6.07, 6.45) is 0. The predicted octanol–water partition coefficient (Wildman–Crippen LogP) is 6.95. The van der Waals surface area contributed by atoms with E-state index in [1.54, 1.807) is 11.3 Å². The summed E-state index contributed by atoms with van der Waals surface area (Å²) >= 11 is 7.95. The molecule has 0 aliphatic carbocycles. The van der Waals surface area contributed by atoms with Gasteiger partial charge in [-0.1, -0.05) is 72.3 Å². The monoisotopic (exact) mass is 524 g/mol. The van der Waals surface area contributed by atoms with E-state index in [4.69, 9.17) is 11.6 Å². The highest BCUT2D eigenvalue weighted by Gasteiger charge is 2.25. The number of halogens is 1. The number of thiophene rings is 1. The van der Waals surface area contributed by atoms with E-state index in [2.05, 4.69) is 64.3 Å². The highest BCUT2D eigenvalue weighted by molar-refractivity contribution is 7.22. The van der Waals surface area contributed by atoms with E-state index in [0.29, 0.717) is 31.7 Å². The van der Waals surface area contributed by atoms with Crippen LogP contribution in [0.2, 0.25) is 5.28 Å². The van der Waals surface area contributed by atoms with E-state index in [1.807, 2.05) is 47.4 Å². The van der Waals surface area contributed by atoms with Gasteiger partial charge < -0.3 is 9.80 Å². The van der Waals surface area contributed by atoms with Crippen molar-refractivity contribution in [2.75, 3.05) is 31.1 Å². The molecule has 5 aromatic rings. The number of carbonyl (C=O) groups is 1. The molecular formula is C30H25ClN4OS. The van der Waals surface area contributed by atoms with E-state index in [1.165, 1.54) is 5.56 Å². The Labute approximate surface area is 225 Å². The van der Waals surface area contributed by atoms with Crippen molar-refractivity contribution >= 4 is 44.9 Å². The zero-order valence-electron chi connectivity index (χ0n) is 20.4. The van der Waals surface area contributed by atoms with Gasteiger partial charge in [0.1, 0.15) is 10.6 Å². The van der Waals surface area contributed by atoms with Crippen LogP contribution in [0.4, 0.5) is 5.82 Å². The number of piperazine rings is 1. The van der Waals surface area contributed by atoms with Crippen LogP contribution in [0.3, 0.4) is 0 Å². The first-order valence-corrected chi connectivity index (χ1v) is 13.5. The number of benzene rings is 3. The SMILES string of the molecule is Cc1ccc(-c2cc3c(N4CCN(C(=O)c5ccc(-c6ccccc6)cc5)CC4)nc(Cl)nc3s2)cc1. The van der Waals surface area contributed by atoms with E-state index in [9.17, 15) is 4.79 Å². The third kappa shape index (κ3) is 4.82. The van der Waals surface area contributed by atoms with E-state index in [-0.39, 0.29) is 11.2 Å². The Morgan fingerprint density at radius 2 is 1.46 bits per heavy atom.